The Morgan fingerprint density at radius 3 is 2.00 bits per heavy atom. The summed E-state index contributed by atoms with van der Waals surface area (Å²) in [5, 5.41) is 1.36. The lowest BCUT2D eigenvalue weighted by molar-refractivity contribution is -0.155. The van der Waals surface area contributed by atoms with Crippen molar-refractivity contribution in [3.63, 3.8) is 0 Å². The maximum Gasteiger partial charge on any atom is 0.210 e. The number of pyridine rings is 1. The van der Waals surface area contributed by atoms with Crippen molar-refractivity contribution in [3.8, 4) is 5.75 Å². The van der Waals surface area contributed by atoms with Crippen LogP contribution >= 0.6 is 23.2 Å². The number of halogens is 2. The maximum atomic E-state index is 13.7. The van der Waals surface area contributed by atoms with Crippen LogP contribution in [0.5, 0.6) is 5.75 Å². The molecule has 7 atom stereocenters. The molecule has 10 nitrogen and oxygen atoms in total. The number of aliphatic imine (C=N–C) groups is 2. The van der Waals surface area contributed by atoms with Gasteiger partial charge in [0.15, 0.2) is 0 Å². The number of rotatable bonds is 9. The van der Waals surface area contributed by atoms with Crippen LogP contribution in [0.1, 0.15) is 90.2 Å². The Bertz CT molecular complexity index is 1940. The summed E-state index contributed by atoms with van der Waals surface area (Å²) < 4.78 is 6.46. The zero-order chi connectivity index (χ0) is 40.1. The monoisotopic (exact) mass is 800 g/mol. The largest absolute Gasteiger partial charge is 0.493 e. The smallest absolute Gasteiger partial charge is 0.210 e. The van der Waals surface area contributed by atoms with E-state index in [1.807, 2.05) is 42.3 Å². The number of ether oxygens (including phenoxy) is 1. The van der Waals surface area contributed by atoms with Crippen molar-refractivity contribution < 1.29 is 9.53 Å². The van der Waals surface area contributed by atoms with Gasteiger partial charge >= 0.3 is 0 Å². The molecule has 4 aliphatic rings. The van der Waals surface area contributed by atoms with Crippen LogP contribution in [0.3, 0.4) is 0 Å². The van der Waals surface area contributed by atoms with E-state index in [0.717, 1.165) is 72.4 Å². The van der Waals surface area contributed by atoms with Crippen LogP contribution in [-0.4, -0.2) is 130 Å². The van der Waals surface area contributed by atoms with Crippen molar-refractivity contribution in [1.82, 2.24) is 29.5 Å². The quantitative estimate of drug-likeness (QED) is 0.209. The van der Waals surface area contributed by atoms with Gasteiger partial charge in [0.2, 0.25) is 6.41 Å². The molecule has 0 spiro atoms. The van der Waals surface area contributed by atoms with Gasteiger partial charge in [-0.1, -0.05) is 44.0 Å². The molecule has 2 fully saturated rings. The molecule has 1 aromatic heterocycles. The fourth-order valence-corrected chi connectivity index (χ4v) is 9.48. The minimum atomic E-state index is -0.675. The summed E-state index contributed by atoms with van der Waals surface area (Å²) >= 11 is 12.9. The highest BCUT2D eigenvalue weighted by atomic mass is 35.5. The van der Waals surface area contributed by atoms with Gasteiger partial charge < -0.3 is 24.3 Å². The lowest BCUT2D eigenvalue weighted by Gasteiger charge is -2.64. The third kappa shape index (κ3) is 7.31. The molecule has 0 radical (unpaired) electrons. The molecule has 0 aliphatic carbocycles. The summed E-state index contributed by atoms with van der Waals surface area (Å²) in [7, 11) is 2.20. The van der Waals surface area contributed by atoms with Crippen molar-refractivity contribution in [2.24, 2.45) is 9.98 Å². The average Bonchev–Trinajstić information content (AvgIpc) is 3.64. The molecule has 300 valence electrons. The number of piperidine rings is 1. The van der Waals surface area contributed by atoms with E-state index in [9.17, 15) is 4.79 Å². The molecule has 0 N–H and O–H groups in total. The Morgan fingerprint density at radius 2 is 1.43 bits per heavy atom. The molecule has 0 saturated carbocycles. The van der Waals surface area contributed by atoms with E-state index in [4.69, 9.17) is 42.9 Å². The van der Waals surface area contributed by atoms with Gasteiger partial charge in [-0.25, -0.2) is 0 Å². The number of likely N-dealkylation sites (tertiary alicyclic amines) is 1. The summed E-state index contributed by atoms with van der Waals surface area (Å²) in [4.78, 5) is 41.8. The number of amidine groups is 2. The molecular formula is C44H58Cl2N8O2. The third-order valence-electron chi connectivity index (χ3n) is 12.6. The number of nitrogens with zero attached hydrogens (tertiary/aromatic N) is 8. The number of carbonyl (C=O) groups excluding carboxylic acids is 1. The minimum Gasteiger partial charge on any atom is -0.493 e. The van der Waals surface area contributed by atoms with Crippen LogP contribution in [0, 0.1) is 0 Å². The highest BCUT2D eigenvalue weighted by Crippen LogP contribution is 2.50. The lowest BCUT2D eigenvalue weighted by atomic mass is 9.77. The van der Waals surface area contributed by atoms with Crippen molar-refractivity contribution in [1.29, 1.82) is 0 Å². The summed E-state index contributed by atoms with van der Waals surface area (Å²) in [6.45, 7) is 22.0. The molecule has 7 rings (SSSR count). The van der Waals surface area contributed by atoms with Crippen molar-refractivity contribution >= 4 is 41.3 Å². The topological polar surface area (TPSA) is 80.1 Å². The van der Waals surface area contributed by atoms with Gasteiger partial charge in [0.1, 0.15) is 23.1 Å². The molecule has 2 aromatic carbocycles. The first-order chi connectivity index (χ1) is 26.7. The fourth-order valence-electron chi connectivity index (χ4n) is 9.23. The molecule has 4 aliphatic heterocycles. The predicted molar refractivity (Wildman–Crippen MR) is 227 cm³/mol. The highest BCUT2D eigenvalue weighted by molar-refractivity contribution is 6.31. The van der Waals surface area contributed by atoms with Crippen LogP contribution in [0.4, 0.5) is 0 Å². The number of carbonyl (C=O) groups is 1. The van der Waals surface area contributed by atoms with Crippen LogP contribution < -0.4 is 4.74 Å². The van der Waals surface area contributed by atoms with Gasteiger partial charge in [0.05, 0.1) is 42.9 Å². The van der Waals surface area contributed by atoms with Gasteiger partial charge in [-0.3, -0.25) is 24.7 Å². The summed E-state index contributed by atoms with van der Waals surface area (Å²) in [5.41, 5.74) is 3.04. The zero-order valence-electron chi connectivity index (χ0n) is 34.4. The van der Waals surface area contributed by atoms with Crippen LogP contribution in [0.25, 0.3) is 0 Å². The van der Waals surface area contributed by atoms with Crippen molar-refractivity contribution in [2.75, 3.05) is 46.4 Å². The van der Waals surface area contributed by atoms with E-state index in [1.165, 1.54) is 0 Å². The molecule has 12 heteroatoms. The molecule has 1 amide bonds. The zero-order valence-corrected chi connectivity index (χ0v) is 35.9. The van der Waals surface area contributed by atoms with E-state index in [0.29, 0.717) is 29.6 Å². The number of benzene rings is 2. The van der Waals surface area contributed by atoms with Crippen molar-refractivity contribution in [3.05, 3.63) is 93.2 Å². The van der Waals surface area contributed by atoms with Gasteiger partial charge in [-0.15, -0.1) is 0 Å². The number of amides is 1. The van der Waals surface area contributed by atoms with E-state index < -0.39 is 5.66 Å². The van der Waals surface area contributed by atoms with Gasteiger partial charge in [-0.05, 0) is 90.2 Å². The Morgan fingerprint density at radius 1 is 0.857 bits per heavy atom. The summed E-state index contributed by atoms with van der Waals surface area (Å²) in [5.74, 6) is 2.64. The molecule has 56 heavy (non-hydrogen) atoms. The van der Waals surface area contributed by atoms with Crippen molar-refractivity contribution in [2.45, 2.75) is 109 Å². The van der Waals surface area contributed by atoms with E-state index in [1.54, 1.807) is 0 Å². The first-order valence-corrected chi connectivity index (χ1v) is 21.0. The Labute approximate surface area is 343 Å². The first kappa shape index (κ1) is 40.5. The summed E-state index contributed by atoms with van der Waals surface area (Å²) in [6.07, 6.45) is 3.59. The second-order valence-corrected chi connectivity index (χ2v) is 18.0. The van der Waals surface area contributed by atoms with Gasteiger partial charge in [-0.2, -0.15) is 0 Å². The molecule has 0 bridgehead atoms. The van der Waals surface area contributed by atoms with E-state index in [2.05, 4.69) is 105 Å². The maximum absolute atomic E-state index is 13.7. The Kier molecular flexibility index (Phi) is 11.5. The summed E-state index contributed by atoms with van der Waals surface area (Å²) in [6, 6.07) is 17.7. The molecule has 3 aromatic rings. The third-order valence-corrected chi connectivity index (χ3v) is 13.1. The normalized spacial score (nSPS) is 29.1. The second kappa shape index (κ2) is 15.9. The number of likely N-dealkylation sites (N-methyl/N-ethyl adjacent to an activating group) is 1. The molecule has 3 unspecified atom stereocenters. The molecule has 2 saturated heterocycles. The van der Waals surface area contributed by atoms with E-state index in [-0.39, 0.29) is 41.7 Å². The predicted octanol–water partition coefficient (Wildman–Crippen LogP) is 7.38. The van der Waals surface area contributed by atoms with Gasteiger partial charge in [0, 0.05) is 89.3 Å². The molecular weight excluding hydrogens is 743 g/mol. The number of hydrogen-bond acceptors (Lipinski definition) is 9. The standard InChI is InChI=1S/C44H58Cl2N8O2/c1-10-56-38-23-39(43(6,7)8)47-25-36(38)37-24-44(52-21-19-50(9)20-22-52,54-31(5)29(3)49-42(54)33-13-17-35(46)18-14-33)40(26-51(37)27-55)53-30(4)28(2)48-41(53)32-11-15-34(45)16-12-32/h11-18,23,25,27-31,37,40H,10,19-22,24,26H2,1-9H3/t28-,29-,30+,31+,37?,40?,44?/m0/s1. The highest BCUT2D eigenvalue weighted by Gasteiger charge is 2.62. The Balaban J connectivity index is 1.50. The second-order valence-electron chi connectivity index (χ2n) is 17.2. The van der Waals surface area contributed by atoms with Crippen LogP contribution in [-0.2, 0) is 10.2 Å². The fraction of sp³-hybridized carbons (Fsp3) is 0.545. The van der Waals surface area contributed by atoms with Crippen LogP contribution in [0.2, 0.25) is 10.0 Å². The lowest BCUT2D eigenvalue weighted by Crippen LogP contribution is -2.79. The number of aromatic nitrogens is 1. The van der Waals surface area contributed by atoms with Crippen LogP contribution in [0.15, 0.2) is 70.8 Å². The number of piperazine rings is 1. The van der Waals surface area contributed by atoms with E-state index >= 15 is 0 Å². The SMILES string of the molecule is CCOc1cc(C(C)(C)C)ncc1C1CC(N2CCN(C)CC2)(N2C(c3ccc(Cl)cc3)=N[C@@H](C)[C@H]2C)C(N2C(c3ccc(Cl)cc3)=N[C@@H](C)[C@H]2C)CN1C=O. The molecule has 5 heterocycles. The Hall–Kier alpha value is -3.70. The average molecular weight is 802 g/mol. The van der Waals surface area contributed by atoms with Gasteiger partial charge in [0.25, 0.3) is 0 Å². The minimum absolute atomic E-state index is 0.0132. The first-order valence-electron chi connectivity index (χ1n) is 20.2. The number of hydrogen-bond donors (Lipinski definition) is 0.